The summed E-state index contributed by atoms with van der Waals surface area (Å²) in [6.07, 6.45) is 0. The zero-order valence-corrected chi connectivity index (χ0v) is 19.6. The van der Waals surface area contributed by atoms with Gasteiger partial charge in [0.1, 0.15) is 0 Å². The number of ether oxygens (including phenoxy) is 2. The van der Waals surface area contributed by atoms with Crippen molar-refractivity contribution in [3.8, 4) is 11.5 Å². The van der Waals surface area contributed by atoms with Crippen molar-refractivity contribution in [1.82, 2.24) is 0 Å². The fourth-order valence-corrected chi connectivity index (χ4v) is 4.42. The van der Waals surface area contributed by atoms with E-state index in [2.05, 4.69) is 5.32 Å². The highest BCUT2D eigenvalue weighted by Crippen LogP contribution is 2.32. The molecule has 0 aliphatic rings. The van der Waals surface area contributed by atoms with Gasteiger partial charge in [0.2, 0.25) is 0 Å². The average Bonchev–Trinajstić information content (AvgIpc) is 2.81. The van der Waals surface area contributed by atoms with Crippen LogP contribution in [0, 0.1) is 6.92 Å². The number of sulfonamides is 1. The van der Waals surface area contributed by atoms with Crippen LogP contribution in [-0.2, 0) is 10.0 Å². The first-order valence-electron chi connectivity index (χ1n) is 9.56. The largest absolute Gasteiger partial charge is 0.493 e. The molecule has 0 saturated carbocycles. The number of nitrogens with one attached hydrogen (secondary N) is 1. The van der Waals surface area contributed by atoms with E-state index in [1.54, 1.807) is 42.5 Å². The van der Waals surface area contributed by atoms with Gasteiger partial charge in [-0.3, -0.25) is 9.10 Å². The van der Waals surface area contributed by atoms with Gasteiger partial charge in [-0.1, -0.05) is 17.7 Å². The predicted molar refractivity (Wildman–Crippen MR) is 126 cm³/mol. The van der Waals surface area contributed by atoms with E-state index in [-0.39, 0.29) is 10.8 Å². The number of amides is 1. The van der Waals surface area contributed by atoms with Gasteiger partial charge in [0.15, 0.2) is 11.5 Å². The van der Waals surface area contributed by atoms with Crippen LogP contribution in [0.1, 0.15) is 15.9 Å². The van der Waals surface area contributed by atoms with E-state index in [9.17, 15) is 13.2 Å². The van der Waals surface area contributed by atoms with Gasteiger partial charge in [0, 0.05) is 29.4 Å². The molecule has 0 spiro atoms. The molecule has 0 bridgehead atoms. The molecule has 1 N–H and O–H groups in total. The van der Waals surface area contributed by atoms with Crippen LogP contribution < -0.4 is 19.1 Å². The van der Waals surface area contributed by atoms with E-state index in [1.807, 2.05) is 6.92 Å². The summed E-state index contributed by atoms with van der Waals surface area (Å²) in [7, 11) is 0.495. The van der Waals surface area contributed by atoms with Gasteiger partial charge in [-0.25, -0.2) is 8.42 Å². The van der Waals surface area contributed by atoms with Crippen LogP contribution in [0.2, 0.25) is 5.02 Å². The fraction of sp³-hybridized carbons (Fsp3) is 0.174. The predicted octanol–water partition coefficient (Wildman–Crippen LogP) is 4.74. The number of anilines is 2. The smallest absolute Gasteiger partial charge is 0.264 e. The Labute approximate surface area is 192 Å². The van der Waals surface area contributed by atoms with Crippen LogP contribution in [0.15, 0.2) is 65.6 Å². The molecule has 0 unspecified atom stereocenters. The zero-order chi connectivity index (χ0) is 23.5. The van der Waals surface area contributed by atoms with E-state index >= 15 is 0 Å². The average molecular weight is 475 g/mol. The molecule has 0 fully saturated rings. The first-order valence-corrected chi connectivity index (χ1v) is 11.4. The van der Waals surface area contributed by atoms with Crippen LogP contribution in [-0.4, -0.2) is 35.6 Å². The van der Waals surface area contributed by atoms with Crippen molar-refractivity contribution in [3.63, 3.8) is 0 Å². The van der Waals surface area contributed by atoms with E-state index in [4.69, 9.17) is 21.1 Å². The van der Waals surface area contributed by atoms with Crippen molar-refractivity contribution >= 4 is 38.9 Å². The second-order valence-electron chi connectivity index (χ2n) is 6.90. The minimum Gasteiger partial charge on any atom is -0.493 e. The first-order chi connectivity index (χ1) is 15.2. The summed E-state index contributed by atoms with van der Waals surface area (Å²) in [6.45, 7) is 1.81. The van der Waals surface area contributed by atoms with E-state index < -0.39 is 10.0 Å². The molecule has 7 nitrogen and oxygen atoms in total. The summed E-state index contributed by atoms with van der Waals surface area (Å²) in [5.41, 5.74) is 2.15. The highest BCUT2D eigenvalue weighted by Gasteiger charge is 2.23. The lowest BCUT2D eigenvalue weighted by Crippen LogP contribution is -2.26. The summed E-state index contributed by atoms with van der Waals surface area (Å²) in [5.74, 6) is 0.414. The molecular formula is C23H23ClN2O5S. The summed E-state index contributed by atoms with van der Waals surface area (Å²) in [6, 6.07) is 15.9. The number of halogens is 1. The monoisotopic (exact) mass is 474 g/mol. The molecule has 0 aliphatic carbocycles. The first kappa shape index (κ1) is 23.4. The van der Waals surface area contributed by atoms with Crippen LogP contribution in [0.5, 0.6) is 11.5 Å². The van der Waals surface area contributed by atoms with Gasteiger partial charge in [0.05, 0.1) is 24.8 Å². The summed E-state index contributed by atoms with van der Waals surface area (Å²) >= 11 is 6.10. The Kier molecular flexibility index (Phi) is 6.96. The zero-order valence-electron chi connectivity index (χ0n) is 18.0. The van der Waals surface area contributed by atoms with Crippen LogP contribution in [0.25, 0.3) is 0 Å². The van der Waals surface area contributed by atoms with E-state index in [1.165, 1.54) is 39.5 Å². The molecule has 0 aromatic heterocycles. The Morgan fingerprint density at radius 2 is 1.62 bits per heavy atom. The normalized spacial score (nSPS) is 11.0. The van der Waals surface area contributed by atoms with Gasteiger partial charge >= 0.3 is 0 Å². The quantitative estimate of drug-likeness (QED) is 0.534. The van der Waals surface area contributed by atoms with Crippen molar-refractivity contribution < 1.29 is 22.7 Å². The Morgan fingerprint density at radius 1 is 0.969 bits per heavy atom. The lowest BCUT2D eigenvalue weighted by molar-refractivity contribution is 0.102. The Hall–Kier alpha value is -3.23. The Morgan fingerprint density at radius 3 is 2.25 bits per heavy atom. The van der Waals surface area contributed by atoms with Crippen LogP contribution >= 0.6 is 11.6 Å². The highest BCUT2D eigenvalue weighted by molar-refractivity contribution is 7.92. The molecule has 168 valence electrons. The third-order valence-corrected chi connectivity index (χ3v) is 7.21. The lowest BCUT2D eigenvalue weighted by Gasteiger charge is -2.20. The molecule has 0 saturated heterocycles. The van der Waals surface area contributed by atoms with Crippen LogP contribution in [0.4, 0.5) is 11.4 Å². The maximum Gasteiger partial charge on any atom is 0.264 e. The van der Waals surface area contributed by atoms with Gasteiger partial charge in [-0.15, -0.1) is 0 Å². The van der Waals surface area contributed by atoms with Gasteiger partial charge in [-0.05, 0) is 61.0 Å². The van der Waals surface area contributed by atoms with Crippen molar-refractivity contribution in [3.05, 3.63) is 76.8 Å². The van der Waals surface area contributed by atoms with E-state index in [0.717, 1.165) is 9.87 Å². The third-order valence-electron chi connectivity index (χ3n) is 5.02. The molecule has 32 heavy (non-hydrogen) atoms. The maximum absolute atomic E-state index is 13.1. The minimum atomic E-state index is -3.86. The van der Waals surface area contributed by atoms with Crippen molar-refractivity contribution in [2.45, 2.75) is 11.8 Å². The lowest BCUT2D eigenvalue weighted by atomic mass is 10.1. The van der Waals surface area contributed by atoms with Crippen molar-refractivity contribution in [2.24, 2.45) is 0 Å². The molecule has 3 rings (SSSR count). The fourth-order valence-electron chi connectivity index (χ4n) is 3.03. The van der Waals surface area contributed by atoms with Gasteiger partial charge in [-0.2, -0.15) is 0 Å². The molecule has 0 atom stereocenters. The number of hydrogen-bond donors (Lipinski definition) is 1. The minimum absolute atomic E-state index is 0.0518. The summed E-state index contributed by atoms with van der Waals surface area (Å²) < 4.78 is 37.6. The molecule has 3 aromatic rings. The molecule has 1 amide bonds. The van der Waals surface area contributed by atoms with Crippen molar-refractivity contribution in [1.29, 1.82) is 0 Å². The molecule has 0 heterocycles. The summed E-state index contributed by atoms with van der Waals surface area (Å²) in [4.78, 5) is 12.6. The molecular weight excluding hydrogens is 452 g/mol. The Bertz CT molecular complexity index is 1240. The number of carbonyl (C=O) groups is 1. The number of benzene rings is 3. The van der Waals surface area contributed by atoms with Crippen molar-refractivity contribution in [2.75, 3.05) is 30.9 Å². The highest BCUT2D eigenvalue weighted by atomic mass is 35.5. The number of methoxy groups -OCH3 is 2. The van der Waals surface area contributed by atoms with E-state index in [0.29, 0.717) is 33.5 Å². The number of nitrogens with zero attached hydrogens (tertiary/aromatic N) is 1. The maximum atomic E-state index is 13.1. The molecule has 9 heteroatoms. The number of rotatable bonds is 7. The van der Waals surface area contributed by atoms with Gasteiger partial charge < -0.3 is 14.8 Å². The SMILES string of the molecule is COc1ccc(S(=O)(=O)N(C)c2ccc(C(=O)Nc3cccc(Cl)c3C)cc2)cc1OC. The molecule has 3 aromatic carbocycles. The number of hydrogen-bond acceptors (Lipinski definition) is 5. The summed E-state index contributed by atoms with van der Waals surface area (Å²) in [5, 5.41) is 3.37. The second-order valence-corrected chi connectivity index (χ2v) is 9.28. The molecule has 0 radical (unpaired) electrons. The third kappa shape index (κ3) is 4.66. The Balaban J connectivity index is 1.82. The molecule has 0 aliphatic heterocycles. The topological polar surface area (TPSA) is 84.9 Å². The van der Waals surface area contributed by atoms with Crippen LogP contribution in [0.3, 0.4) is 0 Å². The van der Waals surface area contributed by atoms with Gasteiger partial charge in [0.25, 0.3) is 15.9 Å². The number of carbonyl (C=O) groups excluding carboxylic acids is 1. The second kappa shape index (κ2) is 9.50. The standard InChI is InChI=1S/C23H23ClN2O5S/c1-15-19(24)6-5-7-20(15)25-23(27)16-8-10-17(11-9-16)26(2)32(28,29)18-12-13-21(30-3)22(14-18)31-4/h5-14H,1-4H3,(H,25,27).